The third-order valence-electron chi connectivity index (χ3n) is 4.47. The molecule has 0 saturated carbocycles. The largest absolute Gasteiger partial charge is 0.496 e. The lowest BCUT2D eigenvalue weighted by Gasteiger charge is -2.33. The topological polar surface area (TPSA) is 66.8 Å². The summed E-state index contributed by atoms with van der Waals surface area (Å²) in [7, 11) is 1.53. The van der Waals surface area contributed by atoms with Crippen molar-refractivity contribution < 1.29 is 19.4 Å². The third-order valence-corrected chi connectivity index (χ3v) is 4.82. The van der Waals surface area contributed by atoms with E-state index in [1.165, 1.54) is 7.11 Å². The Morgan fingerprint density at radius 1 is 1.24 bits per heavy atom. The Hall–Kier alpha value is -2.53. The Bertz CT molecular complexity index is 821. The summed E-state index contributed by atoms with van der Waals surface area (Å²) in [5.41, 5.74) is 2.25. The highest BCUT2D eigenvalue weighted by Gasteiger charge is 2.32. The van der Waals surface area contributed by atoms with E-state index in [1.807, 2.05) is 24.3 Å². The summed E-state index contributed by atoms with van der Waals surface area (Å²) in [4.78, 5) is 26.0. The van der Waals surface area contributed by atoms with Crippen LogP contribution in [0.15, 0.2) is 42.5 Å². The zero-order valence-corrected chi connectivity index (χ0v) is 14.5. The molecule has 6 heteroatoms. The molecule has 2 aromatic carbocycles. The Labute approximate surface area is 150 Å². The molecule has 0 aromatic heterocycles. The molecule has 1 aliphatic rings. The Balaban J connectivity index is 1.86. The summed E-state index contributed by atoms with van der Waals surface area (Å²) in [6.45, 7) is 0.545. The summed E-state index contributed by atoms with van der Waals surface area (Å²) in [6.07, 6.45) is 0.0668. The molecule has 0 fully saturated rings. The van der Waals surface area contributed by atoms with Gasteiger partial charge in [0.2, 0.25) is 5.91 Å². The molecular formula is C19H18ClNO4. The van der Waals surface area contributed by atoms with Crippen LogP contribution < -0.4 is 4.74 Å². The minimum atomic E-state index is -0.930. The molecule has 1 aliphatic heterocycles. The number of halogens is 1. The van der Waals surface area contributed by atoms with E-state index >= 15 is 0 Å². The van der Waals surface area contributed by atoms with Gasteiger partial charge in [-0.15, -0.1) is 0 Å². The molecule has 0 radical (unpaired) electrons. The van der Waals surface area contributed by atoms with Gasteiger partial charge in [0.05, 0.1) is 19.4 Å². The quantitative estimate of drug-likeness (QED) is 0.910. The zero-order chi connectivity index (χ0) is 18.0. The van der Waals surface area contributed by atoms with Crippen LogP contribution in [-0.4, -0.2) is 35.5 Å². The van der Waals surface area contributed by atoms with E-state index in [4.69, 9.17) is 16.3 Å². The minimum Gasteiger partial charge on any atom is -0.496 e. The number of hydrogen-bond acceptors (Lipinski definition) is 3. The highest BCUT2D eigenvalue weighted by atomic mass is 35.5. The van der Waals surface area contributed by atoms with Crippen LogP contribution in [0.2, 0.25) is 5.02 Å². The van der Waals surface area contributed by atoms with E-state index in [2.05, 4.69) is 0 Å². The van der Waals surface area contributed by atoms with Gasteiger partial charge in [-0.3, -0.25) is 9.59 Å². The molecule has 1 heterocycles. The number of fused-ring (bicyclic) bond motifs is 1. The second-order valence-corrected chi connectivity index (χ2v) is 6.37. The first kappa shape index (κ1) is 17.3. The number of methoxy groups -OCH3 is 1. The van der Waals surface area contributed by atoms with Gasteiger partial charge in [-0.1, -0.05) is 41.9 Å². The van der Waals surface area contributed by atoms with Crippen LogP contribution in [0.4, 0.5) is 0 Å². The maximum Gasteiger partial charge on any atom is 0.312 e. The second-order valence-electron chi connectivity index (χ2n) is 5.96. The Morgan fingerprint density at radius 2 is 2.00 bits per heavy atom. The van der Waals surface area contributed by atoms with Crippen molar-refractivity contribution in [3.8, 4) is 5.75 Å². The second kappa shape index (κ2) is 7.15. The zero-order valence-electron chi connectivity index (χ0n) is 13.7. The highest BCUT2D eigenvalue weighted by Crippen LogP contribution is 2.31. The minimum absolute atomic E-state index is 0.0668. The van der Waals surface area contributed by atoms with Gasteiger partial charge >= 0.3 is 5.97 Å². The fourth-order valence-corrected chi connectivity index (χ4v) is 3.41. The van der Waals surface area contributed by atoms with Gasteiger partial charge in [0.15, 0.2) is 0 Å². The standard InChI is InChI=1S/C19H18ClNO4/c1-25-17-8-4-7-16(20)14(17)9-18(22)21-10-12-5-2-3-6-13(12)15(11-21)19(23)24/h2-8,15H,9-11H2,1H3,(H,23,24). The number of ether oxygens (including phenoxy) is 1. The summed E-state index contributed by atoms with van der Waals surface area (Å²) >= 11 is 6.21. The SMILES string of the molecule is COc1cccc(Cl)c1CC(=O)N1Cc2ccccc2C(C(=O)O)C1. The lowest BCUT2D eigenvalue weighted by molar-refractivity contribution is -0.141. The van der Waals surface area contributed by atoms with Crippen molar-refractivity contribution in [2.45, 2.75) is 18.9 Å². The van der Waals surface area contributed by atoms with Crippen molar-refractivity contribution in [3.05, 3.63) is 64.2 Å². The first-order valence-corrected chi connectivity index (χ1v) is 8.28. The fraction of sp³-hybridized carbons (Fsp3) is 0.263. The molecule has 0 bridgehead atoms. The van der Waals surface area contributed by atoms with Crippen molar-refractivity contribution in [1.82, 2.24) is 4.90 Å². The molecule has 0 saturated heterocycles. The average Bonchev–Trinajstić information content (AvgIpc) is 2.62. The number of amides is 1. The predicted octanol–water partition coefficient (Wildman–Crippen LogP) is 3.10. The number of nitrogens with zero attached hydrogens (tertiary/aromatic N) is 1. The Morgan fingerprint density at radius 3 is 2.72 bits per heavy atom. The van der Waals surface area contributed by atoms with Gasteiger partial charge in [-0.2, -0.15) is 0 Å². The van der Waals surface area contributed by atoms with Crippen LogP contribution in [-0.2, 0) is 22.6 Å². The number of carbonyl (C=O) groups is 2. The van der Waals surface area contributed by atoms with E-state index in [1.54, 1.807) is 23.1 Å². The van der Waals surface area contributed by atoms with Gasteiger partial charge in [0.1, 0.15) is 5.75 Å². The number of aliphatic carboxylic acids is 1. The number of rotatable bonds is 4. The normalized spacial score (nSPS) is 16.2. The van der Waals surface area contributed by atoms with E-state index in [0.717, 1.165) is 11.1 Å². The number of carboxylic acid groups (broad SMARTS) is 1. The van der Waals surface area contributed by atoms with Gasteiger partial charge in [0, 0.05) is 23.7 Å². The molecule has 5 nitrogen and oxygen atoms in total. The molecular weight excluding hydrogens is 342 g/mol. The molecule has 1 amide bonds. The smallest absolute Gasteiger partial charge is 0.312 e. The first-order chi connectivity index (χ1) is 12.0. The molecule has 0 aliphatic carbocycles. The molecule has 1 N–H and O–H groups in total. The molecule has 0 spiro atoms. The van der Waals surface area contributed by atoms with Gasteiger partial charge in [-0.05, 0) is 23.3 Å². The lowest BCUT2D eigenvalue weighted by atomic mass is 9.89. The number of benzene rings is 2. The summed E-state index contributed by atoms with van der Waals surface area (Å²) < 4.78 is 5.28. The van der Waals surface area contributed by atoms with Crippen LogP contribution in [0.5, 0.6) is 5.75 Å². The van der Waals surface area contributed by atoms with E-state index < -0.39 is 11.9 Å². The Kier molecular flexibility index (Phi) is 4.95. The van der Waals surface area contributed by atoms with Crippen LogP contribution in [0.1, 0.15) is 22.6 Å². The van der Waals surface area contributed by atoms with Crippen molar-refractivity contribution >= 4 is 23.5 Å². The molecule has 130 valence electrons. The van der Waals surface area contributed by atoms with Crippen LogP contribution in [0, 0.1) is 0 Å². The molecule has 25 heavy (non-hydrogen) atoms. The van der Waals surface area contributed by atoms with E-state index in [-0.39, 0.29) is 18.9 Å². The summed E-state index contributed by atoms with van der Waals surface area (Å²) in [6, 6.07) is 12.6. The maximum atomic E-state index is 12.8. The van der Waals surface area contributed by atoms with Crippen molar-refractivity contribution in [2.24, 2.45) is 0 Å². The third kappa shape index (κ3) is 3.46. The number of carbonyl (C=O) groups excluding carboxylic acids is 1. The van der Waals surface area contributed by atoms with Crippen molar-refractivity contribution in [1.29, 1.82) is 0 Å². The summed E-state index contributed by atoms with van der Waals surface area (Å²) in [5.74, 6) is -1.28. The first-order valence-electron chi connectivity index (χ1n) is 7.91. The van der Waals surface area contributed by atoms with Gasteiger partial charge in [-0.25, -0.2) is 0 Å². The lowest BCUT2D eigenvalue weighted by Crippen LogP contribution is -2.41. The molecule has 1 unspecified atom stereocenters. The van der Waals surface area contributed by atoms with Crippen LogP contribution in [0.25, 0.3) is 0 Å². The van der Waals surface area contributed by atoms with Crippen molar-refractivity contribution in [3.63, 3.8) is 0 Å². The molecule has 3 rings (SSSR count). The molecule has 1 atom stereocenters. The van der Waals surface area contributed by atoms with E-state index in [0.29, 0.717) is 22.9 Å². The summed E-state index contributed by atoms with van der Waals surface area (Å²) in [5, 5.41) is 9.98. The number of carboxylic acids is 1. The molecule has 2 aromatic rings. The maximum absolute atomic E-state index is 12.8. The fourth-order valence-electron chi connectivity index (χ4n) is 3.17. The van der Waals surface area contributed by atoms with E-state index in [9.17, 15) is 14.7 Å². The van der Waals surface area contributed by atoms with Crippen LogP contribution >= 0.6 is 11.6 Å². The van der Waals surface area contributed by atoms with Gasteiger partial charge < -0.3 is 14.7 Å². The highest BCUT2D eigenvalue weighted by molar-refractivity contribution is 6.31. The predicted molar refractivity (Wildman–Crippen MR) is 93.9 cm³/mol. The van der Waals surface area contributed by atoms with Gasteiger partial charge in [0.25, 0.3) is 0 Å². The van der Waals surface area contributed by atoms with Crippen molar-refractivity contribution in [2.75, 3.05) is 13.7 Å². The average molecular weight is 360 g/mol. The number of hydrogen-bond donors (Lipinski definition) is 1. The monoisotopic (exact) mass is 359 g/mol. The van der Waals surface area contributed by atoms with Crippen LogP contribution in [0.3, 0.4) is 0 Å².